The highest BCUT2D eigenvalue weighted by Crippen LogP contribution is 2.45. The minimum absolute atomic E-state index is 0.0766. The van der Waals surface area contributed by atoms with Crippen LogP contribution in [0.5, 0.6) is 0 Å². The minimum atomic E-state index is -0.966. The molecule has 0 unspecified atom stereocenters. The molecule has 9 heteroatoms. The van der Waals surface area contributed by atoms with Crippen LogP contribution in [0.4, 0.5) is 11.4 Å². The zero-order valence-corrected chi connectivity index (χ0v) is 15.9. The summed E-state index contributed by atoms with van der Waals surface area (Å²) in [6.07, 6.45) is 2.77. The second kappa shape index (κ2) is 7.16. The molecule has 2 aromatic rings. The number of anilines is 2. The molecular formula is C20H20N4O5. The number of aryl methyl sites for hydroxylation is 1. The Morgan fingerprint density at radius 3 is 2.59 bits per heavy atom. The Hall–Kier alpha value is -3.49. The highest BCUT2D eigenvalue weighted by atomic mass is 16.5. The maximum atomic E-state index is 13.1. The first-order valence-corrected chi connectivity index (χ1v) is 9.37. The molecule has 1 saturated carbocycles. The van der Waals surface area contributed by atoms with E-state index >= 15 is 0 Å². The summed E-state index contributed by atoms with van der Waals surface area (Å²) in [7, 11) is 1.41. The Balaban J connectivity index is 1.59. The van der Waals surface area contributed by atoms with Crippen molar-refractivity contribution in [3.8, 4) is 0 Å². The van der Waals surface area contributed by atoms with E-state index in [1.54, 1.807) is 24.3 Å². The maximum absolute atomic E-state index is 13.1. The molecule has 29 heavy (non-hydrogen) atoms. The smallest absolute Gasteiger partial charge is 0.359 e. The standard InChI is InChI=1S/C20H20N4O5/c1-23-16(25)9-8-14(22-23)18(27)29-12-17(26)24-15-7-3-2-6-13(15)21-19(28)20(24)10-4-5-11-20/h2-3,6-9H,4-5,10-12H2,1H3,(H,21,28). The number of hydrogen-bond donors (Lipinski definition) is 1. The van der Waals surface area contributed by atoms with Gasteiger partial charge in [0.05, 0.1) is 11.4 Å². The highest BCUT2D eigenvalue weighted by Gasteiger charge is 2.52. The Kier molecular flexibility index (Phi) is 4.65. The zero-order valence-electron chi connectivity index (χ0n) is 15.9. The highest BCUT2D eigenvalue weighted by molar-refractivity contribution is 6.15. The van der Waals surface area contributed by atoms with Crippen molar-refractivity contribution in [2.75, 3.05) is 16.8 Å². The summed E-state index contributed by atoms with van der Waals surface area (Å²) in [6.45, 7) is -0.535. The average molecular weight is 396 g/mol. The summed E-state index contributed by atoms with van der Waals surface area (Å²) in [5, 5.41) is 6.72. The van der Waals surface area contributed by atoms with Gasteiger partial charge in [0.1, 0.15) is 5.54 Å². The van der Waals surface area contributed by atoms with Gasteiger partial charge in [0.15, 0.2) is 12.3 Å². The van der Waals surface area contributed by atoms with Crippen molar-refractivity contribution in [2.45, 2.75) is 31.2 Å². The molecule has 1 aliphatic carbocycles. The third-order valence-electron chi connectivity index (χ3n) is 5.42. The fourth-order valence-corrected chi connectivity index (χ4v) is 4.01. The second-order valence-corrected chi connectivity index (χ2v) is 7.20. The molecular weight excluding hydrogens is 376 g/mol. The van der Waals surface area contributed by atoms with Crippen molar-refractivity contribution in [3.05, 3.63) is 52.4 Å². The predicted octanol–water partition coefficient (Wildman–Crippen LogP) is 1.24. The molecule has 1 aromatic heterocycles. The number of ether oxygens (including phenoxy) is 1. The van der Waals surface area contributed by atoms with Crippen LogP contribution in [0, 0.1) is 0 Å². The van der Waals surface area contributed by atoms with Crippen LogP contribution in [0.2, 0.25) is 0 Å². The summed E-state index contributed by atoms with van der Waals surface area (Å²) < 4.78 is 6.16. The molecule has 1 fully saturated rings. The molecule has 0 atom stereocenters. The normalized spacial score (nSPS) is 17.0. The maximum Gasteiger partial charge on any atom is 0.359 e. The number of benzene rings is 1. The van der Waals surface area contributed by atoms with E-state index in [2.05, 4.69) is 10.4 Å². The first kappa shape index (κ1) is 18.9. The van der Waals surface area contributed by atoms with Crippen LogP contribution >= 0.6 is 0 Å². The number of para-hydroxylation sites is 2. The van der Waals surface area contributed by atoms with Crippen LogP contribution in [-0.2, 0) is 21.4 Å². The Bertz CT molecular complexity index is 1050. The van der Waals surface area contributed by atoms with Gasteiger partial charge in [-0.25, -0.2) is 9.48 Å². The van der Waals surface area contributed by atoms with Crippen LogP contribution in [-0.4, -0.2) is 39.7 Å². The molecule has 9 nitrogen and oxygen atoms in total. The number of aromatic nitrogens is 2. The number of carbonyl (C=O) groups excluding carboxylic acids is 3. The zero-order chi connectivity index (χ0) is 20.6. The van der Waals surface area contributed by atoms with Crippen molar-refractivity contribution in [3.63, 3.8) is 0 Å². The van der Waals surface area contributed by atoms with Gasteiger partial charge in [-0.15, -0.1) is 0 Å². The number of nitrogens with one attached hydrogen (secondary N) is 1. The van der Waals surface area contributed by atoms with Crippen molar-refractivity contribution in [1.29, 1.82) is 0 Å². The van der Waals surface area contributed by atoms with Crippen molar-refractivity contribution < 1.29 is 19.1 Å². The molecule has 1 spiro atoms. The monoisotopic (exact) mass is 396 g/mol. The van der Waals surface area contributed by atoms with E-state index in [4.69, 9.17) is 4.74 Å². The van der Waals surface area contributed by atoms with E-state index in [-0.39, 0.29) is 17.2 Å². The van der Waals surface area contributed by atoms with E-state index < -0.39 is 24.0 Å². The summed E-state index contributed by atoms with van der Waals surface area (Å²) in [6, 6.07) is 9.51. The van der Waals surface area contributed by atoms with Crippen LogP contribution in [0.15, 0.2) is 41.2 Å². The summed E-state index contributed by atoms with van der Waals surface area (Å²) in [4.78, 5) is 51.1. The molecule has 4 rings (SSSR count). The number of esters is 1. The summed E-state index contributed by atoms with van der Waals surface area (Å²) in [5.74, 6) is -1.51. The Morgan fingerprint density at radius 2 is 1.86 bits per heavy atom. The summed E-state index contributed by atoms with van der Waals surface area (Å²) in [5.41, 5.74) is -0.263. The molecule has 0 saturated heterocycles. The molecule has 2 aliphatic rings. The lowest BCUT2D eigenvalue weighted by Gasteiger charge is -2.44. The van der Waals surface area contributed by atoms with Gasteiger partial charge in [-0.2, -0.15) is 5.10 Å². The van der Waals surface area contributed by atoms with E-state index in [0.29, 0.717) is 24.2 Å². The lowest BCUT2D eigenvalue weighted by Crippen LogP contribution is -2.61. The van der Waals surface area contributed by atoms with Gasteiger partial charge >= 0.3 is 5.97 Å². The molecule has 2 heterocycles. The van der Waals surface area contributed by atoms with Gasteiger partial charge in [0, 0.05) is 13.1 Å². The molecule has 150 valence electrons. The lowest BCUT2D eigenvalue weighted by molar-refractivity contribution is -0.129. The molecule has 0 radical (unpaired) electrons. The third kappa shape index (κ3) is 3.18. The quantitative estimate of drug-likeness (QED) is 0.782. The number of hydrogen-bond acceptors (Lipinski definition) is 6. The van der Waals surface area contributed by atoms with E-state index in [1.165, 1.54) is 24.1 Å². The third-order valence-corrected chi connectivity index (χ3v) is 5.42. The van der Waals surface area contributed by atoms with Crippen LogP contribution < -0.4 is 15.8 Å². The number of rotatable bonds is 3. The minimum Gasteiger partial charge on any atom is -0.451 e. The first-order valence-electron chi connectivity index (χ1n) is 9.37. The lowest BCUT2D eigenvalue weighted by atomic mass is 9.90. The molecule has 1 aliphatic heterocycles. The Morgan fingerprint density at radius 1 is 1.14 bits per heavy atom. The number of fused-ring (bicyclic) bond motifs is 1. The van der Waals surface area contributed by atoms with Gasteiger partial charge in [0.25, 0.3) is 17.4 Å². The van der Waals surface area contributed by atoms with Gasteiger partial charge in [-0.3, -0.25) is 19.3 Å². The van der Waals surface area contributed by atoms with Crippen LogP contribution in [0.1, 0.15) is 36.2 Å². The van der Waals surface area contributed by atoms with E-state index in [0.717, 1.165) is 17.5 Å². The predicted molar refractivity (Wildman–Crippen MR) is 104 cm³/mol. The van der Waals surface area contributed by atoms with Gasteiger partial charge < -0.3 is 10.1 Å². The number of carbonyl (C=O) groups is 3. The van der Waals surface area contributed by atoms with Crippen molar-refractivity contribution >= 4 is 29.2 Å². The largest absolute Gasteiger partial charge is 0.451 e. The fraction of sp³-hybridized carbons (Fsp3) is 0.350. The SMILES string of the molecule is Cn1nc(C(=O)OCC(=O)N2c3ccccc3NC(=O)C23CCCC3)ccc1=O. The van der Waals surface area contributed by atoms with Crippen molar-refractivity contribution in [1.82, 2.24) is 9.78 Å². The number of nitrogens with zero attached hydrogens (tertiary/aromatic N) is 3. The molecule has 0 bridgehead atoms. The fourth-order valence-electron chi connectivity index (χ4n) is 4.01. The van der Waals surface area contributed by atoms with Gasteiger partial charge in [-0.05, 0) is 31.0 Å². The van der Waals surface area contributed by atoms with Gasteiger partial charge in [0.2, 0.25) is 0 Å². The second-order valence-electron chi connectivity index (χ2n) is 7.20. The molecule has 1 aromatic carbocycles. The first-order chi connectivity index (χ1) is 13.9. The van der Waals surface area contributed by atoms with E-state index in [9.17, 15) is 19.2 Å². The van der Waals surface area contributed by atoms with E-state index in [1.807, 2.05) is 0 Å². The van der Waals surface area contributed by atoms with Crippen molar-refractivity contribution in [2.24, 2.45) is 7.05 Å². The van der Waals surface area contributed by atoms with Crippen LogP contribution in [0.25, 0.3) is 0 Å². The topological polar surface area (TPSA) is 111 Å². The number of amides is 2. The van der Waals surface area contributed by atoms with Gasteiger partial charge in [-0.1, -0.05) is 25.0 Å². The molecule has 2 amide bonds. The molecule has 1 N–H and O–H groups in total. The van der Waals surface area contributed by atoms with Crippen LogP contribution in [0.3, 0.4) is 0 Å². The average Bonchev–Trinajstić information content (AvgIpc) is 3.19. The summed E-state index contributed by atoms with van der Waals surface area (Å²) >= 11 is 0. The Labute approximate surface area is 166 Å².